The maximum Gasteiger partial charge on any atom is 0.416 e. The monoisotopic (exact) mass is 332 g/mol. The van der Waals surface area contributed by atoms with Gasteiger partial charge in [0.05, 0.1) is 10.5 Å². The van der Waals surface area contributed by atoms with Crippen molar-refractivity contribution < 1.29 is 21.6 Å². The van der Waals surface area contributed by atoms with Crippen molar-refractivity contribution in [2.45, 2.75) is 24.4 Å². The molecular formula is C11H16ClF3N2O2S. The van der Waals surface area contributed by atoms with Crippen LogP contribution in [0.2, 0.25) is 0 Å². The molecule has 0 spiro atoms. The van der Waals surface area contributed by atoms with Gasteiger partial charge in [0, 0.05) is 6.54 Å². The van der Waals surface area contributed by atoms with Crippen molar-refractivity contribution in [3.8, 4) is 0 Å². The maximum absolute atomic E-state index is 12.7. The molecule has 0 saturated carbocycles. The second kappa shape index (κ2) is 7.26. The highest BCUT2D eigenvalue weighted by Gasteiger charge is 2.33. The van der Waals surface area contributed by atoms with E-state index in [4.69, 9.17) is 5.73 Å². The lowest BCUT2D eigenvalue weighted by atomic mass is 10.1. The van der Waals surface area contributed by atoms with Crippen molar-refractivity contribution in [3.05, 3.63) is 29.3 Å². The normalized spacial score (nSPS) is 12.1. The van der Waals surface area contributed by atoms with Crippen molar-refractivity contribution in [3.63, 3.8) is 0 Å². The van der Waals surface area contributed by atoms with E-state index in [2.05, 4.69) is 4.72 Å². The van der Waals surface area contributed by atoms with E-state index < -0.39 is 26.7 Å². The summed E-state index contributed by atoms with van der Waals surface area (Å²) in [6, 6.07) is 2.93. The van der Waals surface area contributed by atoms with E-state index in [9.17, 15) is 21.6 Å². The summed E-state index contributed by atoms with van der Waals surface area (Å²) in [7, 11) is -3.94. The minimum Gasteiger partial charge on any atom is -0.330 e. The summed E-state index contributed by atoms with van der Waals surface area (Å²) in [5.41, 5.74) is 4.24. The second-order valence-corrected chi connectivity index (χ2v) is 5.78. The number of nitrogens with two attached hydrogens (primary N) is 1. The van der Waals surface area contributed by atoms with E-state index >= 15 is 0 Å². The molecule has 1 aromatic rings. The largest absolute Gasteiger partial charge is 0.416 e. The molecule has 0 aliphatic carbocycles. The molecule has 9 heteroatoms. The Bertz CT molecular complexity index is 547. The molecular weight excluding hydrogens is 317 g/mol. The van der Waals surface area contributed by atoms with Gasteiger partial charge in [-0.2, -0.15) is 13.2 Å². The molecule has 0 bridgehead atoms. The summed E-state index contributed by atoms with van der Waals surface area (Å²) in [4.78, 5) is -0.401. The molecule has 116 valence electrons. The van der Waals surface area contributed by atoms with Crippen LogP contribution in [0.15, 0.2) is 23.1 Å². The van der Waals surface area contributed by atoms with E-state index in [1.165, 1.54) is 6.92 Å². The summed E-state index contributed by atoms with van der Waals surface area (Å²) >= 11 is 0. The first-order valence-corrected chi connectivity index (χ1v) is 7.04. The molecule has 0 fully saturated rings. The zero-order valence-electron chi connectivity index (χ0n) is 10.7. The van der Waals surface area contributed by atoms with Gasteiger partial charge in [0.1, 0.15) is 0 Å². The topological polar surface area (TPSA) is 72.2 Å². The summed E-state index contributed by atoms with van der Waals surface area (Å²) in [6.45, 7) is 1.67. The van der Waals surface area contributed by atoms with Crippen LogP contribution in [0.3, 0.4) is 0 Å². The fourth-order valence-electron chi connectivity index (χ4n) is 1.47. The van der Waals surface area contributed by atoms with Crippen LogP contribution in [0.5, 0.6) is 0 Å². The molecule has 0 aliphatic rings. The van der Waals surface area contributed by atoms with Crippen molar-refractivity contribution >= 4 is 22.4 Å². The number of hydrogen-bond donors (Lipinski definition) is 2. The third kappa shape index (κ3) is 4.93. The predicted octanol–water partition coefficient (Wildman–Crippen LogP) is 2.06. The van der Waals surface area contributed by atoms with Crippen molar-refractivity contribution in [2.24, 2.45) is 5.73 Å². The average molecular weight is 333 g/mol. The first kappa shape index (κ1) is 19.2. The highest BCUT2D eigenvalue weighted by molar-refractivity contribution is 7.89. The Balaban J connectivity index is 0.00000361. The number of benzene rings is 1. The molecule has 0 amide bonds. The van der Waals surface area contributed by atoms with Gasteiger partial charge in [0.2, 0.25) is 10.0 Å². The molecule has 1 rings (SSSR count). The van der Waals surface area contributed by atoms with E-state index in [0.717, 1.165) is 12.1 Å². The van der Waals surface area contributed by atoms with E-state index in [1.54, 1.807) is 0 Å². The first-order valence-electron chi connectivity index (χ1n) is 5.56. The summed E-state index contributed by atoms with van der Waals surface area (Å²) < 4.78 is 63.8. The smallest absolute Gasteiger partial charge is 0.330 e. The fraction of sp³-hybridized carbons (Fsp3) is 0.455. The van der Waals surface area contributed by atoms with E-state index in [1.807, 2.05) is 0 Å². The van der Waals surface area contributed by atoms with Crippen LogP contribution in [0.1, 0.15) is 17.5 Å². The molecule has 0 aromatic heterocycles. The summed E-state index contributed by atoms with van der Waals surface area (Å²) in [5.74, 6) is 0. The predicted molar refractivity (Wildman–Crippen MR) is 72.3 cm³/mol. The Labute approximate surface area is 122 Å². The van der Waals surface area contributed by atoms with E-state index in [-0.39, 0.29) is 24.5 Å². The lowest BCUT2D eigenvalue weighted by Gasteiger charge is -2.12. The SMILES string of the molecule is Cc1ccc(S(=O)(=O)NCCCN)cc1C(F)(F)F.Cl. The second-order valence-electron chi connectivity index (χ2n) is 4.01. The number of hydrogen-bond acceptors (Lipinski definition) is 3. The quantitative estimate of drug-likeness (QED) is 0.811. The number of halogens is 4. The van der Waals surface area contributed by atoms with Crippen LogP contribution in [-0.2, 0) is 16.2 Å². The van der Waals surface area contributed by atoms with Gasteiger partial charge in [-0.05, 0) is 37.6 Å². The Morgan fingerprint density at radius 2 is 1.90 bits per heavy atom. The van der Waals surface area contributed by atoms with Gasteiger partial charge in [-0.15, -0.1) is 12.4 Å². The van der Waals surface area contributed by atoms with Crippen molar-refractivity contribution in [2.75, 3.05) is 13.1 Å². The molecule has 0 radical (unpaired) electrons. The molecule has 1 aromatic carbocycles. The van der Waals surface area contributed by atoms with Crippen LogP contribution in [0.25, 0.3) is 0 Å². The maximum atomic E-state index is 12.7. The van der Waals surface area contributed by atoms with Gasteiger partial charge >= 0.3 is 6.18 Å². The Morgan fingerprint density at radius 1 is 1.30 bits per heavy atom. The third-order valence-electron chi connectivity index (χ3n) is 2.50. The molecule has 20 heavy (non-hydrogen) atoms. The molecule has 0 aliphatic heterocycles. The zero-order valence-corrected chi connectivity index (χ0v) is 12.3. The van der Waals surface area contributed by atoms with Crippen LogP contribution in [0.4, 0.5) is 13.2 Å². The lowest BCUT2D eigenvalue weighted by molar-refractivity contribution is -0.138. The van der Waals surface area contributed by atoms with Gasteiger partial charge in [-0.3, -0.25) is 0 Å². The molecule has 0 heterocycles. The number of sulfonamides is 1. The minimum atomic E-state index is -4.58. The molecule has 0 atom stereocenters. The first-order chi connectivity index (χ1) is 8.68. The Hall–Kier alpha value is -0.830. The van der Waals surface area contributed by atoms with Crippen LogP contribution >= 0.6 is 12.4 Å². The fourth-order valence-corrected chi connectivity index (χ4v) is 2.57. The van der Waals surface area contributed by atoms with Gasteiger partial charge in [-0.1, -0.05) is 6.07 Å². The molecule has 0 unspecified atom stereocenters. The summed E-state index contributed by atoms with van der Waals surface area (Å²) in [5, 5.41) is 0. The Kier molecular flexibility index (Phi) is 6.96. The number of rotatable bonds is 5. The van der Waals surface area contributed by atoms with Gasteiger partial charge < -0.3 is 5.73 Å². The highest BCUT2D eigenvalue weighted by atomic mass is 35.5. The molecule has 0 saturated heterocycles. The summed E-state index contributed by atoms with van der Waals surface area (Å²) in [6.07, 6.45) is -4.16. The average Bonchev–Trinajstić information content (AvgIpc) is 2.27. The van der Waals surface area contributed by atoms with E-state index in [0.29, 0.717) is 19.0 Å². The number of alkyl halides is 3. The Morgan fingerprint density at radius 3 is 2.40 bits per heavy atom. The van der Waals surface area contributed by atoms with Crippen LogP contribution in [-0.4, -0.2) is 21.5 Å². The van der Waals surface area contributed by atoms with Crippen molar-refractivity contribution in [1.82, 2.24) is 4.72 Å². The van der Waals surface area contributed by atoms with Crippen molar-refractivity contribution in [1.29, 1.82) is 0 Å². The minimum absolute atomic E-state index is 0. The molecule has 4 nitrogen and oxygen atoms in total. The zero-order chi connectivity index (χ0) is 14.7. The van der Waals surface area contributed by atoms with Gasteiger partial charge in [0.25, 0.3) is 0 Å². The lowest BCUT2D eigenvalue weighted by Crippen LogP contribution is -2.26. The highest BCUT2D eigenvalue weighted by Crippen LogP contribution is 2.33. The molecule has 3 N–H and O–H groups in total. The number of aryl methyl sites for hydroxylation is 1. The van der Waals surface area contributed by atoms with Crippen LogP contribution in [0, 0.1) is 6.92 Å². The van der Waals surface area contributed by atoms with Crippen LogP contribution < -0.4 is 10.5 Å². The van der Waals surface area contributed by atoms with Gasteiger partial charge in [0.15, 0.2) is 0 Å². The number of nitrogens with one attached hydrogen (secondary N) is 1. The standard InChI is InChI=1S/C11H15F3N2O2S.ClH/c1-8-3-4-9(7-10(8)11(12,13)14)19(17,18)16-6-2-5-15;/h3-4,7,16H,2,5-6,15H2,1H3;1H. The third-order valence-corrected chi connectivity index (χ3v) is 3.96. The van der Waals surface area contributed by atoms with Gasteiger partial charge in [-0.25, -0.2) is 13.1 Å².